The molecule has 2 N–H and O–H groups in total. The molecule has 2 aromatic carbocycles. The summed E-state index contributed by atoms with van der Waals surface area (Å²) in [6.45, 7) is 2.07. The fourth-order valence-corrected chi connectivity index (χ4v) is 4.49. The van der Waals surface area contributed by atoms with Crippen molar-refractivity contribution in [2.24, 2.45) is 4.99 Å². The molecule has 0 fully saturated rings. The van der Waals surface area contributed by atoms with Gasteiger partial charge in [0.2, 0.25) is 0 Å². The van der Waals surface area contributed by atoms with E-state index in [4.69, 9.17) is 4.74 Å². The van der Waals surface area contributed by atoms with Crippen LogP contribution in [0.1, 0.15) is 17.5 Å². The Morgan fingerprint density at radius 3 is 2.62 bits per heavy atom. The molecular weight excluding hydrogens is 501 g/mol. The van der Waals surface area contributed by atoms with Crippen LogP contribution in [0.4, 0.5) is 0 Å². The number of benzene rings is 2. The van der Waals surface area contributed by atoms with E-state index in [0.29, 0.717) is 23.8 Å². The van der Waals surface area contributed by atoms with Gasteiger partial charge in [-0.15, -0.1) is 24.0 Å². The SMILES string of the molecule is CN=C(NCCCS(=O)(=O)c1ccccc1)NCCc1ccc2c(c1)CCO2.I. The Hall–Kier alpha value is -1.81. The Morgan fingerprint density at radius 2 is 1.86 bits per heavy atom. The Bertz CT molecular complexity index is 918. The van der Waals surface area contributed by atoms with Gasteiger partial charge in [0.15, 0.2) is 15.8 Å². The maximum atomic E-state index is 12.3. The molecule has 0 radical (unpaired) electrons. The molecule has 0 saturated heterocycles. The predicted molar refractivity (Wildman–Crippen MR) is 127 cm³/mol. The first-order valence-corrected chi connectivity index (χ1v) is 11.2. The van der Waals surface area contributed by atoms with Gasteiger partial charge in [-0.25, -0.2) is 8.42 Å². The molecule has 0 atom stereocenters. The lowest BCUT2D eigenvalue weighted by molar-refractivity contribution is 0.357. The summed E-state index contributed by atoms with van der Waals surface area (Å²) in [6, 6.07) is 14.9. The molecule has 0 amide bonds. The maximum absolute atomic E-state index is 12.3. The monoisotopic (exact) mass is 529 g/mol. The molecular formula is C21H28IN3O3S. The maximum Gasteiger partial charge on any atom is 0.190 e. The van der Waals surface area contributed by atoms with Crippen molar-refractivity contribution in [3.63, 3.8) is 0 Å². The molecule has 8 heteroatoms. The lowest BCUT2D eigenvalue weighted by atomic mass is 10.1. The zero-order chi connectivity index (χ0) is 19.8. The lowest BCUT2D eigenvalue weighted by Crippen LogP contribution is -2.39. The van der Waals surface area contributed by atoms with E-state index in [1.165, 1.54) is 11.1 Å². The van der Waals surface area contributed by atoms with Crippen LogP contribution in [0.3, 0.4) is 0 Å². The topological polar surface area (TPSA) is 79.8 Å². The number of aliphatic imine (C=N–C) groups is 1. The van der Waals surface area contributed by atoms with E-state index in [1.807, 2.05) is 12.1 Å². The first kappa shape index (κ1) is 23.5. The molecule has 0 bridgehead atoms. The highest BCUT2D eigenvalue weighted by Crippen LogP contribution is 2.25. The second kappa shape index (κ2) is 11.4. The smallest absolute Gasteiger partial charge is 0.190 e. The fraction of sp³-hybridized carbons (Fsp3) is 0.381. The largest absolute Gasteiger partial charge is 0.493 e. The summed E-state index contributed by atoms with van der Waals surface area (Å²) < 4.78 is 30.1. The van der Waals surface area contributed by atoms with Crippen LogP contribution in [-0.2, 0) is 22.7 Å². The molecule has 0 aliphatic carbocycles. The number of hydrogen-bond acceptors (Lipinski definition) is 4. The van der Waals surface area contributed by atoms with Crippen LogP contribution in [0.2, 0.25) is 0 Å². The highest BCUT2D eigenvalue weighted by atomic mass is 127. The second-order valence-electron chi connectivity index (χ2n) is 6.70. The number of nitrogens with zero attached hydrogens (tertiary/aromatic N) is 1. The van der Waals surface area contributed by atoms with Gasteiger partial charge in [-0.3, -0.25) is 4.99 Å². The van der Waals surface area contributed by atoms with Crippen LogP contribution in [0, 0.1) is 0 Å². The third-order valence-electron chi connectivity index (χ3n) is 4.67. The van der Waals surface area contributed by atoms with Crippen LogP contribution < -0.4 is 15.4 Å². The molecule has 6 nitrogen and oxygen atoms in total. The molecule has 29 heavy (non-hydrogen) atoms. The average Bonchev–Trinajstić information content (AvgIpc) is 3.18. The van der Waals surface area contributed by atoms with Gasteiger partial charge in [-0.2, -0.15) is 0 Å². The molecule has 0 saturated carbocycles. The van der Waals surface area contributed by atoms with Gasteiger partial charge in [0, 0.05) is 26.6 Å². The van der Waals surface area contributed by atoms with Crippen LogP contribution in [-0.4, -0.2) is 46.9 Å². The minimum absolute atomic E-state index is 0. The van der Waals surface area contributed by atoms with E-state index < -0.39 is 9.84 Å². The van der Waals surface area contributed by atoms with Crippen molar-refractivity contribution in [2.45, 2.75) is 24.2 Å². The first-order chi connectivity index (χ1) is 13.6. The Balaban J connectivity index is 0.00000300. The normalized spacial score (nSPS) is 13.2. The van der Waals surface area contributed by atoms with E-state index in [1.54, 1.807) is 31.3 Å². The van der Waals surface area contributed by atoms with Gasteiger partial charge in [0.1, 0.15) is 5.75 Å². The van der Waals surface area contributed by atoms with Crippen LogP contribution in [0.5, 0.6) is 5.75 Å². The van der Waals surface area contributed by atoms with Crippen molar-refractivity contribution in [3.05, 3.63) is 59.7 Å². The minimum atomic E-state index is -3.23. The van der Waals surface area contributed by atoms with Gasteiger partial charge >= 0.3 is 0 Å². The summed E-state index contributed by atoms with van der Waals surface area (Å²) in [5.41, 5.74) is 2.54. The molecule has 1 aliphatic rings. The number of rotatable bonds is 8. The van der Waals surface area contributed by atoms with Gasteiger partial charge in [0.25, 0.3) is 0 Å². The van der Waals surface area contributed by atoms with Gasteiger partial charge in [-0.1, -0.05) is 30.3 Å². The zero-order valence-corrected chi connectivity index (χ0v) is 19.7. The molecule has 0 spiro atoms. The standard InChI is InChI=1S/C21H27N3O3S.HI/c1-22-21(23-12-5-15-28(25,26)19-6-3-2-4-7-19)24-13-10-17-8-9-20-18(16-17)11-14-27-20;/h2-4,6-9,16H,5,10-15H2,1H3,(H2,22,23,24);1H. The Kier molecular flexibility index (Phi) is 9.22. The van der Waals surface area contributed by atoms with E-state index in [2.05, 4.69) is 27.8 Å². The minimum Gasteiger partial charge on any atom is -0.493 e. The molecule has 0 aromatic heterocycles. The highest BCUT2D eigenvalue weighted by Gasteiger charge is 2.13. The molecule has 0 unspecified atom stereocenters. The number of ether oxygens (including phenoxy) is 1. The van der Waals surface area contributed by atoms with Gasteiger partial charge in [0.05, 0.1) is 17.3 Å². The van der Waals surface area contributed by atoms with Crippen molar-refractivity contribution < 1.29 is 13.2 Å². The van der Waals surface area contributed by atoms with Gasteiger partial charge < -0.3 is 15.4 Å². The summed E-state index contributed by atoms with van der Waals surface area (Å²) in [5, 5.41) is 6.45. The van der Waals surface area contributed by atoms with Crippen molar-refractivity contribution in [1.82, 2.24) is 10.6 Å². The highest BCUT2D eigenvalue weighted by molar-refractivity contribution is 14.0. The van der Waals surface area contributed by atoms with Crippen LogP contribution in [0.25, 0.3) is 0 Å². The second-order valence-corrected chi connectivity index (χ2v) is 8.81. The van der Waals surface area contributed by atoms with Crippen LogP contribution >= 0.6 is 24.0 Å². The Labute approximate surface area is 190 Å². The third kappa shape index (κ3) is 6.88. The van der Waals surface area contributed by atoms with Crippen molar-refractivity contribution in [2.75, 3.05) is 32.5 Å². The molecule has 3 rings (SSSR count). The summed E-state index contributed by atoms with van der Waals surface area (Å²) >= 11 is 0. The summed E-state index contributed by atoms with van der Waals surface area (Å²) in [4.78, 5) is 4.57. The quantitative estimate of drug-likeness (QED) is 0.238. The zero-order valence-electron chi connectivity index (χ0n) is 16.6. The number of halogens is 1. The van der Waals surface area contributed by atoms with E-state index in [-0.39, 0.29) is 29.7 Å². The lowest BCUT2D eigenvalue weighted by Gasteiger charge is -2.12. The average molecular weight is 529 g/mol. The van der Waals surface area contributed by atoms with E-state index in [0.717, 1.165) is 31.7 Å². The molecule has 2 aromatic rings. The summed E-state index contributed by atoms with van der Waals surface area (Å²) in [5.74, 6) is 1.79. The number of hydrogen-bond donors (Lipinski definition) is 2. The van der Waals surface area contributed by atoms with Crippen LogP contribution in [0.15, 0.2) is 58.4 Å². The number of sulfone groups is 1. The van der Waals surface area contributed by atoms with Crippen molar-refractivity contribution in [1.29, 1.82) is 0 Å². The molecule has 1 heterocycles. The predicted octanol–water partition coefficient (Wildman–Crippen LogP) is 2.81. The number of nitrogens with one attached hydrogen (secondary N) is 2. The van der Waals surface area contributed by atoms with Crippen molar-refractivity contribution in [3.8, 4) is 5.75 Å². The molecule has 158 valence electrons. The first-order valence-electron chi connectivity index (χ1n) is 9.55. The Morgan fingerprint density at radius 1 is 1.10 bits per heavy atom. The van der Waals surface area contributed by atoms with E-state index >= 15 is 0 Å². The third-order valence-corrected chi connectivity index (χ3v) is 6.48. The summed E-state index contributed by atoms with van der Waals surface area (Å²) in [6.07, 6.45) is 2.38. The van der Waals surface area contributed by atoms with Gasteiger partial charge in [-0.05, 0) is 42.2 Å². The van der Waals surface area contributed by atoms with E-state index in [9.17, 15) is 8.42 Å². The number of guanidine groups is 1. The number of fused-ring (bicyclic) bond motifs is 1. The fourth-order valence-electron chi connectivity index (χ4n) is 3.16. The molecule has 1 aliphatic heterocycles. The summed E-state index contributed by atoms with van der Waals surface area (Å²) in [7, 11) is -1.52. The van der Waals surface area contributed by atoms with Crippen molar-refractivity contribution >= 4 is 39.8 Å².